The minimum Gasteiger partial charge on any atom is -0.445 e. The molecule has 1 rings (SSSR count). The molecule has 0 unspecified atom stereocenters. The fourth-order valence-electron chi connectivity index (χ4n) is 1.71. The Morgan fingerprint density at radius 1 is 1.41 bits per heavy atom. The number of nitro groups is 1. The number of nitro benzene ring substituents is 1. The van der Waals surface area contributed by atoms with Crippen LogP contribution in [-0.4, -0.2) is 24.2 Å². The predicted octanol–water partition coefficient (Wildman–Crippen LogP) is 3.47. The Labute approximate surface area is 130 Å². The van der Waals surface area contributed by atoms with Gasteiger partial charge in [-0.25, -0.2) is 4.79 Å². The van der Waals surface area contributed by atoms with Crippen molar-refractivity contribution in [2.24, 2.45) is 5.41 Å². The molecule has 1 N–H and O–H groups in total. The summed E-state index contributed by atoms with van der Waals surface area (Å²) in [5.41, 5.74) is 0.900. The SMILES string of the molecule is CC(C)(C)C=CCOC(=O)NCCc1cccc([N+](=O)[O-])c1. The lowest BCUT2D eigenvalue weighted by Gasteiger charge is -2.11. The van der Waals surface area contributed by atoms with Crippen LogP contribution in [0.15, 0.2) is 36.4 Å². The molecule has 1 aromatic rings. The van der Waals surface area contributed by atoms with Crippen molar-refractivity contribution in [1.29, 1.82) is 0 Å². The second-order valence-corrected chi connectivity index (χ2v) is 5.97. The highest BCUT2D eigenvalue weighted by molar-refractivity contribution is 5.67. The van der Waals surface area contributed by atoms with Gasteiger partial charge in [-0.1, -0.05) is 45.1 Å². The van der Waals surface area contributed by atoms with E-state index < -0.39 is 11.0 Å². The fraction of sp³-hybridized carbons (Fsp3) is 0.438. The van der Waals surface area contributed by atoms with Gasteiger partial charge in [-0.05, 0) is 17.4 Å². The van der Waals surface area contributed by atoms with Crippen molar-refractivity contribution in [3.05, 3.63) is 52.1 Å². The third-order valence-electron chi connectivity index (χ3n) is 2.73. The number of hydrogen-bond donors (Lipinski definition) is 1. The Morgan fingerprint density at radius 3 is 2.77 bits per heavy atom. The van der Waals surface area contributed by atoms with E-state index in [9.17, 15) is 14.9 Å². The highest BCUT2D eigenvalue weighted by atomic mass is 16.6. The van der Waals surface area contributed by atoms with Crippen molar-refractivity contribution in [2.45, 2.75) is 27.2 Å². The first kappa shape index (κ1) is 17.7. The summed E-state index contributed by atoms with van der Waals surface area (Å²) < 4.78 is 4.99. The number of allylic oxidation sites excluding steroid dienone is 1. The monoisotopic (exact) mass is 306 g/mol. The molecule has 0 aromatic heterocycles. The van der Waals surface area contributed by atoms with E-state index >= 15 is 0 Å². The quantitative estimate of drug-likeness (QED) is 0.495. The number of alkyl carbamates (subject to hydrolysis) is 1. The number of amides is 1. The van der Waals surface area contributed by atoms with Crippen LogP contribution in [0.4, 0.5) is 10.5 Å². The molecule has 6 nitrogen and oxygen atoms in total. The summed E-state index contributed by atoms with van der Waals surface area (Å²) in [4.78, 5) is 21.7. The van der Waals surface area contributed by atoms with Crippen LogP contribution < -0.4 is 5.32 Å². The van der Waals surface area contributed by atoms with Crippen LogP contribution in [0.5, 0.6) is 0 Å². The number of nitrogens with zero attached hydrogens (tertiary/aromatic N) is 1. The van der Waals surface area contributed by atoms with Gasteiger partial charge in [0.1, 0.15) is 6.61 Å². The Balaban J connectivity index is 2.29. The highest BCUT2D eigenvalue weighted by Gasteiger charge is 2.07. The van der Waals surface area contributed by atoms with Gasteiger partial charge in [-0.15, -0.1) is 0 Å². The van der Waals surface area contributed by atoms with Crippen molar-refractivity contribution < 1.29 is 14.5 Å². The molecule has 0 heterocycles. The summed E-state index contributed by atoms with van der Waals surface area (Å²) in [6, 6.07) is 6.35. The lowest BCUT2D eigenvalue weighted by atomic mass is 9.96. The first-order valence-corrected chi connectivity index (χ1v) is 7.09. The molecule has 0 fully saturated rings. The number of ether oxygens (including phenoxy) is 1. The van der Waals surface area contributed by atoms with E-state index in [1.807, 2.05) is 6.08 Å². The maximum absolute atomic E-state index is 11.5. The van der Waals surface area contributed by atoms with Gasteiger partial charge in [0, 0.05) is 18.7 Å². The van der Waals surface area contributed by atoms with Crippen LogP contribution in [0.2, 0.25) is 0 Å². The van der Waals surface area contributed by atoms with Crippen molar-refractivity contribution in [3.8, 4) is 0 Å². The number of rotatable bonds is 6. The normalized spacial score (nSPS) is 11.4. The van der Waals surface area contributed by atoms with Crippen molar-refractivity contribution >= 4 is 11.8 Å². The molecule has 6 heteroatoms. The third-order valence-corrected chi connectivity index (χ3v) is 2.73. The first-order chi connectivity index (χ1) is 10.3. The van der Waals surface area contributed by atoms with Gasteiger partial charge < -0.3 is 10.1 Å². The van der Waals surface area contributed by atoms with Crippen LogP contribution in [0.25, 0.3) is 0 Å². The summed E-state index contributed by atoms with van der Waals surface area (Å²) in [5, 5.41) is 13.3. The summed E-state index contributed by atoms with van der Waals surface area (Å²) in [6.07, 6.45) is 3.79. The van der Waals surface area contributed by atoms with Gasteiger partial charge >= 0.3 is 6.09 Å². The number of nitrogens with one attached hydrogen (secondary N) is 1. The van der Waals surface area contributed by atoms with Gasteiger partial charge in [0.05, 0.1) is 4.92 Å². The molecular formula is C16H22N2O4. The Kier molecular flexibility index (Phi) is 6.56. The van der Waals surface area contributed by atoms with Crippen molar-refractivity contribution in [2.75, 3.05) is 13.2 Å². The fourth-order valence-corrected chi connectivity index (χ4v) is 1.71. The molecule has 0 aliphatic rings. The molecule has 120 valence electrons. The van der Waals surface area contributed by atoms with E-state index in [4.69, 9.17) is 4.74 Å². The Morgan fingerprint density at radius 2 is 2.14 bits per heavy atom. The van der Waals surface area contributed by atoms with Crippen LogP contribution in [0, 0.1) is 15.5 Å². The molecular weight excluding hydrogens is 284 g/mol. The smallest absolute Gasteiger partial charge is 0.407 e. The number of carbonyl (C=O) groups is 1. The largest absolute Gasteiger partial charge is 0.445 e. The Hall–Kier alpha value is -2.37. The standard InChI is InChI=1S/C16H22N2O4/c1-16(2,3)9-5-11-22-15(19)17-10-8-13-6-4-7-14(12-13)18(20)21/h4-7,9,12H,8,10-11H2,1-3H3,(H,17,19). The lowest BCUT2D eigenvalue weighted by molar-refractivity contribution is -0.384. The summed E-state index contributed by atoms with van der Waals surface area (Å²) >= 11 is 0. The van der Waals surface area contributed by atoms with E-state index in [0.29, 0.717) is 13.0 Å². The molecule has 0 radical (unpaired) electrons. The molecule has 0 aliphatic heterocycles. The number of non-ortho nitro benzene ring substituents is 1. The molecule has 1 aromatic carbocycles. The molecule has 22 heavy (non-hydrogen) atoms. The summed E-state index contributed by atoms with van der Waals surface area (Å²) in [7, 11) is 0. The van der Waals surface area contributed by atoms with Crippen LogP contribution in [-0.2, 0) is 11.2 Å². The zero-order valence-electron chi connectivity index (χ0n) is 13.2. The predicted molar refractivity (Wildman–Crippen MR) is 84.7 cm³/mol. The van der Waals surface area contributed by atoms with Gasteiger partial charge in [-0.2, -0.15) is 0 Å². The van der Waals surface area contributed by atoms with Crippen LogP contribution in [0.3, 0.4) is 0 Å². The second kappa shape index (κ2) is 8.17. The molecule has 0 atom stereocenters. The van der Waals surface area contributed by atoms with Gasteiger partial charge in [0.15, 0.2) is 0 Å². The molecule has 0 saturated carbocycles. The Bertz CT molecular complexity index is 547. The van der Waals surface area contributed by atoms with Gasteiger partial charge in [0.2, 0.25) is 0 Å². The van der Waals surface area contributed by atoms with E-state index in [1.165, 1.54) is 12.1 Å². The minimum absolute atomic E-state index is 0.0485. The number of hydrogen-bond acceptors (Lipinski definition) is 4. The minimum atomic E-state index is -0.496. The van der Waals surface area contributed by atoms with E-state index in [-0.39, 0.29) is 17.7 Å². The zero-order valence-corrected chi connectivity index (χ0v) is 13.2. The van der Waals surface area contributed by atoms with E-state index in [2.05, 4.69) is 26.1 Å². The second-order valence-electron chi connectivity index (χ2n) is 5.97. The van der Waals surface area contributed by atoms with Crippen LogP contribution >= 0.6 is 0 Å². The topological polar surface area (TPSA) is 81.5 Å². The number of carbonyl (C=O) groups excluding carboxylic acids is 1. The summed E-state index contributed by atoms with van der Waals surface area (Å²) in [6.45, 7) is 6.76. The first-order valence-electron chi connectivity index (χ1n) is 7.09. The molecule has 0 aliphatic carbocycles. The summed E-state index contributed by atoms with van der Waals surface area (Å²) in [5.74, 6) is 0. The maximum Gasteiger partial charge on any atom is 0.407 e. The van der Waals surface area contributed by atoms with Crippen molar-refractivity contribution in [3.63, 3.8) is 0 Å². The van der Waals surface area contributed by atoms with Gasteiger partial charge in [0.25, 0.3) is 5.69 Å². The molecule has 0 bridgehead atoms. The molecule has 0 saturated heterocycles. The van der Waals surface area contributed by atoms with Crippen LogP contribution in [0.1, 0.15) is 26.3 Å². The zero-order chi connectivity index (χ0) is 16.6. The number of benzene rings is 1. The van der Waals surface area contributed by atoms with Crippen molar-refractivity contribution in [1.82, 2.24) is 5.32 Å². The lowest BCUT2D eigenvalue weighted by Crippen LogP contribution is -2.26. The van der Waals surface area contributed by atoms with Gasteiger partial charge in [-0.3, -0.25) is 10.1 Å². The average Bonchev–Trinajstić information content (AvgIpc) is 2.43. The average molecular weight is 306 g/mol. The molecule has 1 amide bonds. The van der Waals surface area contributed by atoms with E-state index in [1.54, 1.807) is 18.2 Å². The maximum atomic E-state index is 11.5. The third kappa shape index (κ3) is 7.42. The highest BCUT2D eigenvalue weighted by Crippen LogP contribution is 2.14. The van der Waals surface area contributed by atoms with E-state index in [0.717, 1.165) is 5.56 Å². The molecule has 0 spiro atoms.